The molecule has 0 fully saturated rings. The predicted octanol–water partition coefficient (Wildman–Crippen LogP) is 12.7. The number of fused-ring (bicyclic) bond motifs is 12. The van der Waals surface area contributed by atoms with Gasteiger partial charge in [0.25, 0.3) is 0 Å². The Hall–Kier alpha value is -6.58. The number of hydrogen-bond acceptors (Lipinski definition) is 2. The van der Waals surface area contributed by atoms with Crippen molar-refractivity contribution in [3.8, 4) is 39.5 Å². The average molecular weight is 664 g/mol. The van der Waals surface area contributed by atoms with Gasteiger partial charge >= 0.3 is 0 Å². The van der Waals surface area contributed by atoms with Gasteiger partial charge in [-0.05, 0) is 102 Å². The highest BCUT2D eigenvalue weighted by Gasteiger charge is 2.35. The van der Waals surface area contributed by atoms with E-state index in [0.29, 0.717) is 5.95 Å². The van der Waals surface area contributed by atoms with Crippen LogP contribution in [0.4, 0.5) is 0 Å². The predicted molar refractivity (Wildman–Crippen MR) is 217 cm³/mol. The first kappa shape index (κ1) is 29.2. The summed E-state index contributed by atoms with van der Waals surface area (Å²) in [5, 5.41) is 9.93. The first-order valence-corrected chi connectivity index (χ1v) is 18.0. The van der Waals surface area contributed by atoms with Crippen molar-refractivity contribution in [2.45, 2.75) is 19.3 Å². The second-order valence-corrected chi connectivity index (χ2v) is 14.6. The highest BCUT2D eigenvalue weighted by molar-refractivity contribution is 6.25. The van der Waals surface area contributed by atoms with Crippen LogP contribution in [0.1, 0.15) is 25.0 Å². The summed E-state index contributed by atoms with van der Waals surface area (Å²) in [6, 6.07) is 57.4. The van der Waals surface area contributed by atoms with Crippen LogP contribution in [0.5, 0.6) is 0 Å². The van der Waals surface area contributed by atoms with Crippen LogP contribution in [0.3, 0.4) is 0 Å². The molecule has 0 spiro atoms. The number of hydrogen-bond donors (Lipinski definition) is 0. The SMILES string of the molecule is CC1(C)c2ccccc2-c2ccc(-c3ccc4c(c3)c3ccccc3n4-c3nccc(-c4ccc5c6ccccc6c6ccccc6c5c4)n3)cc21. The molecule has 1 aliphatic carbocycles. The molecule has 0 aliphatic heterocycles. The molecule has 10 aromatic rings. The molecule has 1 aliphatic rings. The van der Waals surface area contributed by atoms with Crippen LogP contribution in [0.25, 0.3) is 93.6 Å². The van der Waals surface area contributed by atoms with E-state index in [2.05, 4.69) is 170 Å². The second-order valence-electron chi connectivity index (χ2n) is 14.6. The smallest absolute Gasteiger partial charge is 0.235 e. The van der Waals surface area contributed by atoms with E-state index < -0.39 is 0 Å². The molecule has 0 saturated heterocycles. The Bertz CT molecular complexity index is 3070. The van der Waals surface area contributed by atoms with E-state index in [1.165, 1.54) is 76.5 Å². The van der Waals surface area contributed by atoms with Gasteiger partial charge in [-0.3, -0.25) is 4.57 Å². The Balaban J connectivity index is 1.05. The molecule has 3 nitrogen and oxygen atoms in total. The van der Waals surface area contributed by atoms with Gasteiger partial charge in [0, 0.05) is 27.9 Å². The van der Waals surface area contributed by atoms with Crippen LogP contribution >= 0.6 is 0 Å². The first-order chi connectivity index (χ1) is 25.5. The van der Waals surface area contributed by atoms with E-state index in [1.54, 1.807) is 0 Å². The summed E-state index contributed by atoms with van der Waals surface area (Å²) in [5.74, 6) is 0.664. The number of para-hydroxylation sites is 1. The molecule has 52 heavy (non-hydrogen) atoms. The second kappa shape index (κ2) is 10.7. The van der Waals surface area contributed by atoms with Crippen molar-refractivity contribution < 1.29 is 0 Å². The quantitative estimate of drug-likeness (QED) is 0.176. The molecule has 0 bridgehead atoms. The van der Waals surface area contributed by atoms with Crippen molar-refractivity contribution in [2.24, 2.45) is 0 Å². The van der Waals surface area contributed by atoms with Gasteiger partial charge in [0.2, 0.25) is 5.95 Å². The zero-order valence-electron chi connectivity index (χ0n) is 28.9. The molecule has 2 aromatic heterocycles. The fourth-order valence-corrected chi connectivity index (χ4v) is 8.94. The maximum atomic E-state index is 5.24. The lowest BCUT2D eigenvalue weighted by molar-refractivity contribution is 0.660. The first-order valence-electron chi connectivity index (χ1n) is 18.0. The van der Waals surface area contributed by atoms with E-state index in [1.807, 2.05) is 12.3 Å². The summed E-state index contributed by atoms with van der Waals surface area (Å²) >= 11 is 0. The Morgan fingerprint density at radius 2 is 0.981 bits per heavy atom. The van der Waals surface area contributed by atoms with E-state index in [9.17, 15) is 0 Å². The Kier molecular flexibility index (Phi) is 6.01. The Morgan fingerprint density at radius 1 is 0.423 bits per heavy atom. The Labute approximate surface area is 301 Å². The summed E-state index contributed by atoms with van der Waals surface area (Å²) in [5.41, 5.74) is 12.0. The maximum absolute atomic E-state index is 5.24. The van der Waals surface area contributed by atoms with Gasteiger partial charge in [0.1, 0.15) is 0 Å². The van der Waals surface area contributed by atoms with Crippen molar-refractivity contribution in [1.82, 2.24) is 14.5 Å². The van der Waals surface area contributed by atoms with Gasteiger partial charge in [0.15, 0.2) is 0 Å². The highest BCUT2D eigenvalue weighted by Crippen LogP contribution is 2.49. The summed E-state index contributed by atoms with van der Waals surface area (Å²) in [7, 11) is 0. The van der Waals surface area contributed by atoms with Gasteiger partial charge in [0.05, 0.1) is 16.7 Å². The van der Waals surface area contributed by atoms with Crippen molar-refractivity contribution in [3.05, 3.63) is 175 Å². The summed E-state index contributed by atoms with van der Waals surface area (Å²) < 4.78 is 2.21. The van der Waals surface area contributed by atoms with Crippen molar-refractivity contribution in [2.75, 3.05) is 0 Å². The minimum absolute atomic E-state index is 0.0453. The van der Waals surface area contributed by atoms with E-state index in [4.69, 9.17) is 9.97 Å². The molecule has 0 unspecified atom stereocenters. The van der Waals surface area contributed by atoms with Gasteiger partial charge in [-0.25, -0.2) is 9.97 Å². The number of nitrogens with zero attached hydrogens (tertiary/aromatic N) is 3. The molecule has 2 heterocycles. The molecule has 3 heteroatoms. The Morgan fingerprint density at radius 3 is 1.77 bits per heavy atom. The fraction of sp³-hybridized carbons (Fsp3) is 0.0612. The summed E-state index contributed by atoms with van der Waals surface area (Å²) in [4.78, 5) is 10.1. The van der Waals surface area contributed by atoms with Gasteiger partial charge in [-0.1, -0.05) is 135 Å². The normalized spacial score (nSPS) is 13.3. The van der Waals surface area contributed by atoms with Gasteiger partial charge in [-0.2, -0.15) is 0 Å². The molecule has 8 aromatic carbocycles. The van der Waals surface area contributed by atoms with Gasteiger partial charge in [-0.15, -0.1) is 0 Å². The number of benzene rings is 8. The molecular formula is C49H33N3. The largest absolute Gasteiger partial charge is 0.278 e. The minimum Gasteiger partial charge on any atom is -0.278 e. The topological polar surface area (TPSA) is 30.7 Å². The summed E-state index contributed by atoms with van der Waals surface area (Å²) in [6.45, 7) is 4.68. The summed E-state index contributed by atoms with van der Waals surface area (Å²) in [6.07, 6.45) is 1.89. The van der Waals surface area contributed by atoms with Crippen LogP contribution in [0.2, 0.25) is 0 Å². The third kappa shape index (κ3) is 4.08. The standard InChI is InChI=1S/C49H33N3/c1-49(2)43-17-9-7-15-38(43)39-23-19-31(29-44(39)49)30-21-24-47-42(27-30)40-16-8-10-18-46(40)52(47)48-50-26-25-45(51-48)32-20-22-37-35-13-4-3-11-33(35)34-12-5-6-14-36(34)41(37)28-32/h3-29H,1-2H3. The lowest BCUT2D eigenvalue weighted by Gasteiger charge is -2.22. The third-order valence-corrected chi connectivity index (χ3v) is 11.5. The molecule has 11 rings (SSSR count). The molecule has 244 valence electrons. The highest BCUT2D eigenvalue weighted by atomic mass is 15.2. The molecule has 0 radical (unpaired) electrons. The van der Waals surface area contributed by atoms with Crippen LogP contribution < -0.4 is 0 Å². The zero-order valence-corrected chi connectivity index (χ0v) is 28.9. The fourth-order valence-electron chi connectivity index (χ4n) is 8.94. The third-order valence-electron chi connectivity index (χ3n) is 11.5. The van der Waals surface area contributed by atoms with Crippen molar-refractivity contribution in [1.29, 1.82) is 0 Å². The van der Waals surface area contributed by atoms with Crippen LogP contribution in [-0.2, 0) is 5.41 Å². The van der Waals surface area contributed by atoms with Crippen LogP contribution in [-0.4, -0.2) is 14.5 Å². The van der Waals surface area contributed by atoms with Crippen LogP contribution in [0.15, 0.2) is 164 Å². The van der Waals surface area contributed by atoms with E-state index in [-0.39, 0.29) is 5.41 Å². The van der Waals surface area contributed by atoms with Crippen molar-refractivity contribution >= 4 is 54.1 Å². The molecule has 0 amide bonds. The molecule has 0 saturated carbocycles. The van der Waals surface area contributed by atoms with Crippen LogP contribution in [0, 0.1) is 0 Å². The molecular weight excluding hydrogens is 631 g/mol. The zero-order chi connectivity index (χ0) is 34.6. The van der Waals surface area contributed by atoms with Gasteiger partial charge < -0.3 is 0 Å². The maximum Gasteiger partial charge on any atom is 0.235 e. The number of aromatic nitrogens is 3. The van der Waals surface area contributed by atoms with E-state index >= 15 is 0 Å². The molecule has 0 N–H and O–H groups in total. The average Bonchev–Trinajstić information content (AvgIpc) is 3.65. The van der Waals surface area contributed by atoms with Crippen molar-refractivity contribution in [3.63, 3.8) is 0 Å². The van der Waals surface area contributed by atoms with E-state index in [0.717, 1.165) is 22.3 Å². The minimum atomic E-state index is -0.0453. The number of rotatable bonds is 3. The monoisotopic (exact) mass is 663 g/mol. The lowest BCUT2D eigenvalue weighted by Crippen LogP contribution is -2.14. The molecule has 0 atom stereocenters. The lowest BCUT2D eigenvalue weighted by atomic mass is 9.81.